The fraction of sp³-hybridized carbons (Fsp3) is 0.0833. The van der Waals surface area contributed by atoms with E-state index < -0.39 is 5.97 Å². The molecule has 8 nitrogen and oxygen atoms in total. The molecule has 0 aliphatic heterocycles. The Morgan fingerprint density at radius 2 is 2.05 bits per heavy atom. The Morgan fingerprint density at radius 3 is 2.90 bits per heavy atom. The first-order chi connectivity index (χ1) is 9.78. The van der Waals surface area contributed by atoms with Crippen LogP contribution in [0.2, 0.25) is 0 Å². The third-order valence-electron chi connectivity index (χ3n) is 2.55. The van der Waals surface area contributed by atoms with Crippen molar-refractivity contribution in [3.8, 4) is 11.6 Å². The lowest BCUT2D eigenvalue weighted by molar-refractivity contribution is 0.0598. The normalized spacial score (nSPS) is 10.4. The zero-order valence-corrected chi connectivity index (χ0v) is 10.4. The van der Waals surface area contributed by atoms with Gasteiger partial charge in [-0.3, -0.25) is 0 Å². The summed E-state index contributed by atoms with van der Waals surface area (Å²) in [6.07, 6.45) is 0. The van der Waals surface area contributed by atoms with Crippen molar-refractivity contribution in [2.45, 2.75) is 0 Å². The van der Waals surface area contributed by atoms with Crippen molar-refractivity contribution in [3.05, 3.63) is 42.0 Å². The number of para-hydroxylation sites is 1. The second-order valence-corrected chi connectivity index (χ2v) is 3.79. The number of ether oxygens (including phenoxy) is 2. The van der Waals surface area contributed by atoms with Gasteiger partial charge in [-0.25, -0.2) is 4.79 Å². The Labute approximate surface area is 112 Å². The molecule has 20 heavy (non-hydrogen) atoms. The first kappa shape index (κ1) is 12.0. The van der Waals surface area contributed by atoms with Crippen LogP contribution in [0.5, 0.6) is 11.6 Å². The number of hydrogen-bond donors (Lipinski definition) is 0. The Balaban J connectivity index is 1.96. The quantitative estimate of drug-likeness (QED) is 0.658. The molecule has 0 unspecified atom stereocenters. The summed E-state index contributed by atoms with van der Waals surface area (Å²) >= 11 is 0. The second kappa shape index (κ2) is 4.92. The van der Waals surface area contributed by atoms with Crippen LogP contribution in [0.25, 0.3) is 5.65 Å². The largest absolute Gasteiger partial charge is 0.465 e. The van der Waals surface area contributed by atoms with Crippen molar-refractivity contribution in [1.29, 1.82) is 0 Å². The maximum absolute atomic E-state index is 11.6. The first-order valence-corrected chi connectivity index (χ1v) is 5.68. The highest BCUT2D eigenvalue weighted by molar-refractivity contribution is 5.92. The molecule has 0 radical (unpaired) electrons. The molecule has 0 atom stereocenters. The van der Waals surface area contributed by atoms with Crippen molar-refractivity contribution in [2.24, 2.45) is 0 Å². The molecule has 0 fully saturated rings. The number of aromatic nitrogens is 5. The van der Waals surface area contributed by atoms with Crippen LogP contribution in [0, 0.1) is 0 Å². The summed E-state index contributed by atoms with van der Waals surface area (Å²) in [6.45, 7) is 0. The topological polar surface area (TPSA) is 91.5 Å². The zero-order valence-electron chi connectivity index (χ0n) is 10.4. The predicted octanol–water partition coefficient (Wildman–Crippen LogP) is 1.10. The molecule has 2 aromatic heterocycles. The van der Waals surface area contributed by atoms with Crippen LogP contribution in [-0.4, -0.2) is 38.3 Å². The molecule has 8 heteroatoms. The number of tetrazole rings is 1. The number of hydrogen-bond acceptors (Lipinski definition) is 7. The average Bonchev–Trinajstić information content (AvgIpc) is 2.94. The smallest absolute Gasteiger partial charge is 0.341 e. The molecular weight excluding hydrogens is 262 g/mol. The summed E-state index contributed by atoms with van der Waals surface area (Å²) in [6, 6.07) is 9.99. The minimum absolute atomic E-state index is 0.265. The maximum Gasteiger partial charge on any atom is 0.341 e. The van der Waals surface area contributed by atoms with Crippen LogP contribution in [0.1, 0.15) is 10.4 Å². The van der Waals surface area contributed by atoms with Gasteiger partial charge in [0.1, 0.15) is 11.3 Å². The number of fused-ring (bicyclic) bond motifs is 1. The lowest BCUT2D eigenvalue weighted by Crippen LogP contribution is -2.04. The van der Waals surface area contributed by atoms with Crippen molar-refractivity contribution >= 4 is 11.6 Å². The van der Waals surface area contributed by atoms with Gasteiger partial charge in [-0.2, -0.15) is 0 Å². The molecular formula is C12H9N5O3. The van der Waals surface area contributed by atoms with Crippen molar-refractivity contribution in [2.75, 3.05) is 7.11 Å². The first-order valence-electron chi connectivity index (χ1n) is 5.68. The molecule has 0 amide bonds. The van der Waals surface area contributed by atoms with Crippen LogP contribution >= 0.6 is 0 Å². The molecule has 0 bridgehead atoms. The molecule has 3 rings (SSSR count). The second-order valence-electron chi connectivity index (χ2n) is 3.79. The molecule has 0 saturated heterocycles. The fourth-order valence-electron chi connectivity index (χ4n) is 1.63. The van der Waals surface area contributed by atoms with Gasteiger partial charge in [0, 0.05) is 6.07 Å². The van der Waals surface area contributed by atoms with Gasteiger partial charge in [-0.15, -0.1) is 14.8 Å². The summed E-state index contributed by atoms with van der Waals surface area (Å²) in [5.74, 6) is 0.129. The van der Waals surface area contributed by atoms with Crippen LogP contribution in [0.4, 0.5) is 0 Å². The van der Waals surface area contributed by atoms with E-state index in [1.807, 2.05) is 0 Å². The minimum atomic E-state index is -0.482. The summed E-state index contributed by atoms with van der Waals surface area (Å²) < 4.78 is 11.5. The van der Waals surface area contributed by atoms with E-state index in [2.05, 4.69) is 20.6 Å². The standard InChI is InChI=1S/C12H9N5O3/c1-19-12(18)8-4-2-3-5-9(8)20-11-7-6-10-13-15-16-17(10)14-11/h2-7H,1H3. The van der Waals surface area contributed by atoms with E-state index >= 15 is 0 Å². The third-order valence-corrected chi connectivity index (χ3v) is 2.55. The molecule has 0 spiro atoms. The summed E-state index contributed by atoms with van der Waals surface area (Å²) in [5, 5.41) is 14.9. The van der Waals surface area contributed by atoms with Gasteiger partial charge in [0.05, 0.1) is 7.11 Å². The molecule has 1 aromatic carbocycles. The van der Waals surface area contributed by atoms with E-state index in [0.717, 1.165) is 0 Å². The van der Waals surface area contributed by atoms with Gasteiger partial charge < -0.3 is 9.47 Å². The van der Waals surface area contributed by atoms with Gasteiger partial charge in [0.2, 0.25) is 5.88 Å². The third kappa shape index (κ3) is 2.14. The molecule has 2 heterocycles. The fourth-order valence-corrected chi connectivity index (χ4v) is 1.63. The maximum atomic E-state index is 11.6. The Kier molecular flexibility index (Phi) is 2.96. The van der Waals surface area contributed by atoms with E-state index in [1.54, 1.807) is 36.4 Å². The van der Waals surface area contributed by atoms with Crippen molar-refractivity contribution < 1.29 is 14.3 Å². The van der Waals surface area contributed by atoms with Crippen LogP contribution < -0.4 is 4.74 Å². The van der Waals surface area contributed by atoms with E-state index in [4.69, 9.17) is 9.47 Å². The number of esters is 1. The van der Waals surface area contributed by atoms with Gasteiger partial charge in [-0.1, -0.05) is 12.1 Å². The molecule has 100 valence electrons. The summed E-state index contributed by atoms with van der Waals surface area (Å²) in [7, 11) is 1.31. The highest BCUT2D eigenvalue weighted by Gasteiger charge is 2.13. The van der Waals surface area contributed by atoms with E-state index in [9.17, 15) is 4.79 Å². The highest BCUT2D eigenvalue weighted by atomic mass is 16.5. The van der Waals surface area contributed by atoms with Crippen LogP contribution in [0.15, 0.2) is 36.4 Å². The van der Waals surface area contributed by atoms with Gasteiger partial charge >= 0.3 is 5.97 Å². The highest BCUT2D eigenvalue weighted by Crippen LogP contribution is 2.24. The Bertz CT molecular complexity index is 770. The number of methoxy groups -OCH3 is 1. The van der Waals surface area contributed by atoms with Crippen molar-refractivity contribution in [3.63, 3.8) is 0 Å². The van der Waals surface area contributed by atoms with Gasteiger partial charge in [0.25, 0.3) is 0 Å². The van der Waals surface area contributed by atoms with E-state index in [0.29, 0.717) is 17.0 Å². The van der Waals surface area contributed by atoms with E-state index in [-0.39, 0.29) is 5.88 Å². The van der Waals surface area contributed by atoms with Gasteiger partial charge in [-0.05, 0) is 28.6 Å². The number of nitrogens with zero attached hydrogens (tertiary/aromatic N) is 5. The lowest BCUT2D eigenvalue weighted by atomic mass is 10.2. The Hall–Kier alpha value is -3.03. The molecule has 0 saturated carbocycles. The number of carbonyl (C=O) groups is 1. The van der Waals surface area contributed by atoms with Crippen molar-refractivity contribution in [1.82, 2.24) is 25.3 Å². The molecule has 0 aliphatic carbocycles. The molecule has 0 aliphatic rings. The molecule has 0 N–H and O–H groups in total. The van der Waals surface area contributed by atoms with Gasteiger partial charge in [0.15, 0.2) is 5.65 Å². The van der Waals surface area contributed by atoms with Crippen LogP contribution in [-0.2, 0) is 4.74 Å². The Morgan fingerprint density at radius 1 is 1.20 bits per heavy atom. The monoisotopic (exact) mass is 271 g/mol. The number of benzene rings is 1. The minimum Gasteiger partial charge on any atom is -0.465 e. The summed E-state index contributed by atoms with van der Waals surface area (Å²) in [5.41, 5.74) is 0.812. The summed E-state index contributed by atoms with van der Waals surface area (Å²) in [4.78, 5) is 11.6. The number of carbonyl (C=O) groups excluding carboxylic acids is 1. The predicted molar refractivity (Wildman–Crippen MR) is 66.4 cm³/mol. The number of rotatable bonds is 3. The zero-order chi connectivity index (χ0) is 13.9. The van der Waals surface area contributed by atoms with Crippen LogP contribution in [0.3, 0.4) is 0 Å². The average molecular weight is 271 g/mol. The lowest BCUT2D eigenvalue weighted by Gasteiger charge is -2.08. The SMILES string of the molecule is COC(=O)c1ccccc1Oc1ccc2nnnn2n1. The van der Waals surface area contributed by atoms with E-state index in [1.165, 1.54) is 11.7 Å². The molecule has 3 aromatic rings.